The molecule has 0 atom stereocenters. The maximum atomic E-state index is 12.1. The molecule has 0 aromatic carbocycles. The van der Waals surface area contributed by atoms with E-state index in [9.17, 15) is 18.0 Å². The summed E-state index contributed by atoms with van der Waals surface area (Å²) >= 11 is 5.23. The molecule has 0 spiro atoms. The van der Waals surface area contributed by atoms with Crippen LogP contribution in [-0.2, 0) is 6.18 Å². The molecule has 6 nitrogen and oxygen atoms in total. The Morgan fingerprint density at radius 3 is 2.24 bits per heavy atom. The summed E-state index contributed by atoms with van der Waals surface area (Å²) in [7, 11) is 0. The first-order valence-corrected chi connectivity index (χ1v) is 4.05. The number of alkyl halides is 3. The number of carbonyl (C=O) groups is 1. The van der Waals surface area contributed by atoms with Gasteiger partial charge in [0.2, 0.25) is 0 Å². The van der Waals surface area contributed by atoms with Crippen molar-refractivity contribution < 1.29 is 28.3 Å². The first-order chi connectivity index (χ1) is 7.72. The summed E-state index contributed by atoms with van der Waals surface area (Å²) in [6.45, 7) is 0. The molecule has 1 aromatic rings. The van der Waals surface area contributed by atoms with E-state index in [4.69, 9.17) is 26.8 Å². The minimum absolute atomic E-state index is 0.425. The van der Waals surface area contributed by atoms with E-state index in [1.165, 1.54) is 5.34 Å². The predicted octanol–water partition coefficient (Wildman–Crippen LogP) is 2.59. The Morgan fingerprint density at radius 1 is 1.41 bits per heavy atom. The zero-order chi connectivity index (χ0) is 13.6. The minimum atomic E-state index is -4.70. The van der Waals surface area contributed by atoms with Gasteiger partial charge in [-0.15, -0.1) is 4.91 Å². The maximum Gasteiger partial charge on any atom is 0.433 e. The van der Waals surface area contributed by atoms with Crippen molar-refractivity contribution in [1.82, 2.24) is 4.98 Å². The lowest BCUT2D eigenvalue weighted by molar-refractivity contribution is -0.141. The van der Waals surface area contributed by atoms with Crippen LogP contribution < -0.4 is 0 Å². The van der Waals surface area contributed by atoms with Crippen LogP contribution in [0.5, 0.6) is 0 Å². The topological polar surface area (TPSA) is 99.8 Å². The Kier molecular flexibility index (Phi) is 5.32. The van der Waals surface area contributed by atoms with Crippen LogP contribution in [0.15, 0.2) is 17.5 Å². The van der Waals surface area contributed by atoms with E-state index in [1.807, 2.05) is 0 Å². The van der Waals surface area contributed by atoms with Crippen LogP contribution in [0.2, 0.25) is 5.15 Å². The molecule has 1 heterocycles. The van der Waals surface area contributed by atoms with Crippen molar-refractivity contribution in [3.63, 3.8) is 0 Å². The van der Waals surface area contributed by atoms with Crippen molar-refractivity contribution in [3.8, 4) is 0 Å². The van der Waals surface area contributed by atoms with Gasteiger partial charge in [0.05, 0.1) is 5.56 Å². The van der Waals surface area contributed by atoms with Crippen LogP contribution in [0.25, 0.3) is 0 Å². The van der Waals surface area contributed by atoms with Crippen molar-refractivity contribution in [3.05, 3.63) is 33.5 Å². The molecular weight excluding hydrogens is 269 g/mol. The lowest BCUT2D eigenvalue weighted by atomic mass is 10.2. The van der Waals surface area contributed by atoms with Crippen molar-refractivity contribution in [2.45, 2.75) is 6.18 Å². The fraction of sp³-hybridized carbons (Fsp3) is 0.143. The van der Waals surface area contributed by atoms with Gasteiger partial charge in [-0.05, 0) is 12.1 Å². The van der Waals surface area contributed by atoms with E-state index in [0.717, 1.165) is 6.07 Å². The van der Waals surface area contributed by atoms with E-state index < -0.39 is 28.6 Å². The first-order valence-electron chi connectivity index (χ1n) is 3.67. The molecule has 0 aliphatic carbocycles. The van der Waals surface area contributed by atoms with E-state index in [2.05, 4.69) is 4.98 Å². The fourth-order valence-corrected chi connectivity index (χ4v) is 0.974. The summed E-state index contributed by atoms with van der Waals surface area (Å²) in [5.74, 6) is -1.49. The monoisotopic (exact) mass is 272 g/mol. The number of hydrogen-bond acceptors (Lipinski definition) is 4. The van der Waals surface area contributed by atoms with E-state index in [0.29, 0.717) is 6.07 Å². The van der Waals surface area contributed by atoms with Crippen LogP contribution in [0.4, 0.5) is 13.2 Å². The summed E-state index contributed by atoms with van der Waals surface area (Å²) in [4.78, 5) is 21.5. The number of nitrogens with zero attached hydrogens (tertiary/aromatic N) is 2. The summed E-state index contributed by atoms with van der Waals surface area (Å²) in [5.41, 5.74) is -1.86. The summed E-state index contributed by atoms with van der Waals surface area (Å²) in [5, 5.41) is 15.8. The molecule has 0 saturated carbocycles. The van der Waals surface area contributed by atoms with Gasteiger partial charge in [-0.25, -0.2) is 9.78 Å². The van der Waals surface area contributed by atoms with Gasteiger partial charge in [0.15, 0.2) is 5.34 Å². The zero-order valence-corrected chi connectivity index (χ0v) is 8.53. The highest BCUT2D eigenvalue weighted by atomic mass is 35.5. The van der Waals surface area contributed by atoms with E-state index in [-0.39, 0.29) is 0 Å². The fourth-order valence-electron chi connectivity index (χ4n) is 0.766. The number of carboxylic acids is 1. The Hall–Kier alpha value is -1.90. The van der Waals surface area contributed by atoms with Gasteiger partial charge in [0, 0.05) is 0 Å². The highest BCUT2D eigenvalue weighted by Gasteiger charge is 2.33. The molecule has 0 aliphatic heterocycles. The van der Waals surface area contributed by atoms with Crippen LogP contribution in [0, 0.1) is 4.91 Å². The van der Waals surface area contributed by atoms with Gasteiger partial charge in [0.25, 0.3) is 0 Å². The lowest BCUT2D eigenvalue weighted by Gasteiger charge is -2.06. The van der Waals surface area contributed by atoms with Crippen LogP contribution in [0.3, 0.4) is 0 Å². The second kappa shape index (κ2) is 5.99. The highest BCUT2D eigenvalue weighted by Crippen LogP contribution is 2.29. The maximum absolute atomic E-state index is 12.1. The van der Waals surface area contributed by atoms with Crippen molar-refractivity contribution >= 4 is 17.6 Å². The number of aromatic nitrogens is 1. The van der Waals surface area contributed by atoms with Gasteiger partial charge in [-0.3, -0.25) is 0 Å². The minimum Gasteiger partial charge on any atom is -0.478 e. The zero-order valence-electron chi connectivity index (χ0n) is 7.77. The summed E-state index contributed by atoms with van der Waals surface area (Å²) in [6, 6.07) is 1.27. The molecule has 1 rings (SSSR count). The van der Waals surface area contributed by atoms with Gasteiger partial charge < -0.3 is 10.3 Å². The molecule has 0 fully saturated rings. The molecule has 17 heavy (non-hydrogen) atoms. The quantitative estimate of drug-likeness (QED) is 0.465. The van der Waals surface area contributed by atoms with Gasteiger partial charge >= 0.3 is 12.1 Å². The highest BCUT2D eigenvalue weighted by molar-refractivity contribution is 6.29. The third-order valence-electron chi connectivity index (χ3n) is 1.33. The number of hydrogen-bond donors (Lipinski definition) is 2. The van der Waals surface area contributed by atoms with Gasteiger partial charge in [0.1, 0.15) is 10.8 Å². The number of pyridine rings is 1. The molecule has 2 N–H and O–H groups in total. The molecule has 0 saturated heterocycles. The average molecular weight is 273 g/mol. The first kappa shape index (κ1) is 15.1. The van der Waals surface area contributed by atoms with Crippen LogP contribution in [0.1, 0.15) is 16.1 Å². The van der Waals surface area contributed by atoms with E-state index >= 15 is 0 Å². The molecule has 0 aliphatic rings. The normalized spacial score (nSPS) is 10.1. The van der Waals surface area contributed by atoms with E-state index in [1.54, 1.807) is 0 Å². The number of aromatic carboxylic acids is 1. The second-order valence-corrected chi connectivity index (χ2v) is 2.84. The molecule has 10 heteroatoms. The Morgan fingerprint density at radius 2 is 1.88 bits per heavy atom. The Balaban J connectivity index is 0.000000770. The van der Waals surface area contributed by atoms with Crippen LogP contribution >= 0.6 is 11.6 Å². The third-order valence-corrected chi connectivity index (χ3v) is 1.53. The van der Waals surface area contributed by atoms with Gasteiger partial charge in [-0.1, -0.05) is 11.6 Å². The third kappa shape index (κ3) is 5.11. The molecular formula is C7H4ClF3N2O4. The largest absolute Gasteiger partial charge is 0.478 e. The lowest BCUT2D eigenvalue weighted by Crippen LogP contribution is -2.10. The molecule has 0 bridgehead atoms. The molecule has 94 valence electrons. The SMILES string of the molecule is O=C(O)c1cc(Cl)nc(C(F)(F)F)c1.O=NO. The van der Waals surface area contributed by atoms with Crippen molar-refractivity contribution in [2.75, 3.05) is 0 Å². The van der Waals surface area contributed by atoms with Crippen molar-refractivity contribution in [2.24, 2.45) is 5.34 Å². The van der Waals surface area contributed by atoms with Gasteiger partial charge in [-0.2, -0.15) is 13.2 Å². The number of rotatable bonds is 1. The number of halogens is 4. The predicted molar refractivity (Wildman–Crippen MR) is 48.8 cm³/mol. The van der Waals surface area contributed by atoms with Crippen molar-refractivity contribution in [1.29, 1.82) is 0 Å². The second-order valence-electron chi connectivity index (χ2n) is 2.45. The smallest absolute Gasteiger partial charge is 0.433 e. The molecule has 0 amide bonds. The average Bonchev–Trinajstić information content (AvgIpc) is 2.16. The standard InChI is InChI=1S/C7H3ClF3NO2.HNO2/c8-5-2-3(6(13)14)1-4(12-5)7(9,10)11;2-1-3/h1-2H,(H,13,14);(H,2,3). The Labute approximate surface area is 96.6 Å². The number of carboxylic acid groups (broad SMARTS) is 1. The van der Waals surface area contributed by atoms with Crippen LogP contribution in [-0.4, -0.2) is 21.3 Å². The molecule has 1 aromatic heterocycles. The summed E-state index contributed by atoms with van der Waals surface area (Å²) in [6.07, 6.45) is -4.70. The summed E-state index contributed by atoms with van der Waals surface area (Å²) < 4.78 is 36.3. The molecule has 0 radical (unpaired) electrons. The Bertz CT molecular complexity index is 424. The molecule has 0 unspecified atom stereocenters.